The van der Waals surface area contributed by atoms with Crippen LogP contribution in [0.4, 0.5) is 0 Å². The molecule has 2 aromatic rings. The van der Waals surface area contributed by atoms with Crippen molar-refractivity contribution in [2.75, 3.05) is 6.54 Å². The van der Waals surface area contributed by atoms with Gasteiger partial charge in [0.1, 0.15) is 5.56 Å². The van der Waals surface area contributed by atoms with E-state index in [4.69, 9.17) is 0 Å². The molecular weight excluding hydrogens is 402 g/mol. The Labute approximate surface area is 189 Å². The van der Waals surface area contributed by atoms with Crippen LogP contribution in [0.1, 0.15) is 98.7 Å². The maximum absolute atomic E-state index is 13.3. The van der Waals surface area contributed by atoms with Gasteiger partial charge in [0.2, 0.25) is 5.91 Å². The second-order valence-corrected chi connectivity index (χ2v) is 10.5. The topological polar surface area (TPSA) is 75.4 Å². The van der Waals surface area contributed by atoms with Crippen molar-refractivity contribution in [3.63, 3.8) is 0 Å². The zero-order valence-corrected chi connectivity index (χ0v) is 19.1. The molecule has 1 saturated heterocycles. The van der Waals surface area contributed by atoms with Crippen LogP contribution < -0.4 is 0 Å². The first-order valence-corrected chi connectivity index (χ1v) is 12.1. The monoisotopic (exact) mass is 435 g/mol. The van der Waals surface area contributed by atoms with E-state index in [0.717, 1.165) is 69.3 Å². The van der Waals surface area contributed by atoms with Gasteiger partial charge < -0.3 is 10.0 Å². The lowest BCUT2D eigenvalue weighted by molar-refractivity contribution is -0.140. The lowest BCUT2D eigenvalue weighted by atomic mass is 9.77. The molecule has 2 aliphatic carbocycles. The van der Waals surface area contributed by atoms with Crippen molar-refractivity contribution < 1.29 is 14.7 Å². The van der Waals surface area contributed by atoms with Gasteiger partial charge in [0.05, 0.1) is 17.6 Å². The Hall–Kier alpha value is -2.63. The van der Waals surface area contributed by atoms with Crippen molar-refractivity contribution in [1.29, 1.82) is 0 Å². The standard InChI is InChI=1S/C26H33N3O3/c1-26(2)12-5-13-28(26)24(30)20-8-3-6-18(14-20)19-7-4-9-21(15-19)29-23(17-10-11-17)22(16-27-29)25(31)32/h4,7,9,15-18,20H,3,5-6,8,10-14H2,1-2H3,(H,31,32). The summed E-state index contributed by atoms with van der Waals surface area (Å²) in [5.41, 5.74) is 3.27. The molecule has 1 aliphatic heterocycles. The highest BCUT2D eigenvalue weighted by molar-refractivity contribution is 5.89. The normalized spacial score (nSPS) is 25.1. The van der Waals surface area contributed by atoms with E-state index in [1.807, 2.05) is 16.8 Å². The molecule has 0 bridgehead atoms. The van der Waals surface area contributed by atoms with Gasteiger partial charge in [-0.3, -0.25) is 4.79 Å². The van der Waals surface area contributed by atoms with E-state index in [9.17, 15) is 14.7 Å². The minimum absolute atomic E-state index is 0.0227. The van der Waals surface area contributed by atoms with Gasteiger partial charge in [0.15, 0.2) is 0 Å². The van der Waals surface area contributed by atoms with E-state index in [-0.39, 0.29) is 17.4 Å². The van der Waals surface area contributed by atoms with Crippen LogP contribution in [0.25, 0.3) is 5.69 Å². The van der Waals surface area contributed by atoms with Crippen LogP contribution in [-0.2, 0) is 4.79 Å². The number of amides is 1. The second kappa shape index (κ2) is 8.05. The van der Waals surface area contributed by atoms with E-state index < -0.39 is 5.97 Å². The highest BCUT2D eigenvalue weighted by atomic mass is 16.4. The minimum atomic E-state index is -0.909. The number of carboxylic acid groups (broad SMARTS) is 1. The molecule has 1 N–H and O–H groups in total. The third-order valence-corrected chi connectivity index (χ3v) is 7.78. The van der Waals surface area contributed by atoms with Crippen molar-refractivity contribution in [3.8, 4) is 5.69 Å². The van der Waals surface area contributed by atoms with E-state index in [0.29, 0.717) is 17.4 Å². The van der Waals surface area contributed by atoms with Crippen LogP contribution >= 0.6 is 0 Å². The number of hydrogen-bond acceptors (Lipinski definition) is 3. The Morgan fingerprint density at radius 2 is 1.91 bits per heavy atom. The molecule has 32 heavy (non-hydrogen) atoms. The van der Waals surface area contributed by atoms with E-state index in [1.54, 1.807) is 0 Å². The molecule has 0 spiro atoms. The van der Waals surface area contributed by atoms with Gasteiger partial charge in [0.25, 0.3) is 0 Å². The van der Waals surface area contributed by atoms with E-state index in [1.165, 1.54) is 11.8 Å². The summed E-state index contributed by atoms with van der Waals surface area (Å²) in [6, 6.07) is 8.35. The average molecular weight is 436 g/mol. The number of benzene rings is 1. The molecule has 2 atom stereocenters. The Kier molecular flexibility index (Phi) is 5.34. The third kappa shape index (κ3) is 3.84. The van der Waals surface area contributed by atoms with E-state index >= 15 is 0 Å². The summed E-state index contributed by atoms with van der Waals surface area (Å²) in [5.74, 6) is 0.158. The molecule has 2 unspecified atom stereocenters. The molecule has 0 radical (unpaired) electrons. The SMILES string of the molecule is CC1(C)CCCN1C(=O)C1CCCC(c2cccc(-n3ncc(C(=O)O)c3C3CC3)c2)C1. The largest absolute Gasteiger partial charge is 0.478 e. The zero-order valence-electron chi connectivity index (χ0n) is 19.1. The fourth-order valence-corrected chi connectivity index (χ4v) is 5.84. The smallest absolute Gasteiger partial charge is 0.339 e. The fraction of sp³-hybridized carbons (Fsp3) is 0.577. The number of rotatable bonds is 5. The number of likely N-dealkylation sites (tertiary alicyclic amines) is 1. The maximum Gasteiger partial charge on any atom is 0.339 e. The second-order valence-electron chi connectivity index (χ2n) is 10.5. The molecule has 1 amide bonds. The average Bonchev–Trinajstić information content (AvgIpc) is 3.42. The molecule has 170 valence electrons. The molecule has 2 heterocycles. The summed E-state index contributed by atoms with van der Waals surface area (Å²) >= 11 is 0. The molecule has 3 aliphatic rings. The number of carbonyl (C=O) groups is 2. The number of hydrogen-bond donors (Lipinski definition) is 1. The van der Waals surface area contributed by atoms with Gasteiger partial charge in [-0.15, -0.1) is 0 Å². The van der Waals surface area contributed by atoms with Crippen LogP contribution in [0.15, 0.2) is 30.5 Å². The lowest BCUT2D eigenvalue weighted by Crippen LogP contribution is -2.46. The van der Waals surface area contributed by atoms with Crippen molar-refractivity contribution in [2.45, 2.75) is 82.6 Å². The molecule has 2 saturated carbocycles. The fourth-order valence-electron chi connectivity index (χ4n) is 5.84. The summed E-state index contributed by atoms with van der Waals surface area (Å²) in [5, 5.41) is 14.0. The molecule has 6 nitrogen and oxygen atoms in total. The minimum Gasteiger partial charge on any atom is -0.478 e. The van der Waals surface area contributed by atoms with E-state index in [2.05, 4.69) is 36.0 Å². The molecule has 5 rings (SSSR count). The van der Waals surface area contributed by atoms with Gasteiger partial charge in [-0.25, -0.2) is 9.48 Å². The van der Waals surface area contributed by atoms with Gasteiger partial charge in [-0.1, -0.05) is 18.6 Å². The van der Waals surface area contributed by atoms with Gasteiger partial charge in [-0.2, -0.15) is 5.10 Å². The molecule has 1 aromatic heterocycles. The van der Waals surface area contributed by atoms with Crippen molar-refractivity contribution >= 4 is 11.9 Å². The van der Waals surface area contributed by atoms with Gasteiger partial charge >= 0.3 is 5.97 Å². The van der Waals surface area contributed by atoms with Crippen molar-refractivity contribution in [3.05, 3.63) is 47.3 Å². The number of aromatic nitrogens is 2. The highest BCUT2D eigenvalue weighted by Crippen LogP contribution is 2.43. The van der Waals surface area contributed by atoms with Crippen molar-refractivity contribution in [2.24, 2.45) is 5.92 Å². The zero-order chi connectivity index (χ0) is 22.5. The van der Waals surface area contributed by atoms with Crippen LogP contribution in [0.5, 0.6) is 0 Å². The maximum atomic E-state index is 13.3. The first-order chi connectivity index (χ1) is 15.3. The number of aromatic carboxylic acids is 1. The first-order valence-electron chi connectivity index (χ1n) is 12.1. The Balaban J connectivity index is 1.38. The van der Waals surface area contributed by atoms with Crippen LogP contribution in [0, 0.1) is 5.92 Å². The number of carboxylic acids is 1. The quantitative estimate of drug-likeness (QED) is 0.707. The Bertz CT molecular complexity index is 1040. The van der Waals surface area contributed by atoms with Gasteiger partial charge in [0, 0.05) is 23.9 Å². The first kappa shape index (κ1) is 21.2. The van der Waals surface area contributed by atoms with Crippen LogP contribution in [-0.4, -0.2) is 43.7 Å². The molecular formula is C26H33N3O3. The Morgan fingerprint density at radius 1 is 1.09 bits per heavy atom. The summed E-state index contributed by atoms with van der Waals surface area (Å²) in [6.45, 7) is 5.26. The molecule has 6 heteroatoms. The van der Waals surface area contributed by atoms with Crippen LogP contribution in [0.3, 0.4) is 0 Å². The number of nitrogens with zero attached hydrogens (tertiary/aromatic N) is 3. The highest BCUT2D eigenvalue weighted by Gasteiger charge is 2.40. The molecule has 3 fully saturated rings. The number of carbonyl (C=O) groups excluding carboxylic acids is 1. The Morgan fingerprint density at radius 3 is 2.59 bits per heavy atom. The third-order valence-electron chi connectivity index (χ3n) is 7.78. The van der Waals surface area contributed by atoms with Crippen molar-refractivity contribution in [1.82, 2.24) is 14.7 Å². The summed E-state index contributed by atoms with van der Waals surface area (Å²) in [7, 11) is 0. The lowest BCUT2D eigenvalue weighted by Gasteiger charge is -2.37. The summed E-state index contributed by atoms with van der Waals surface area (Å²) < 4.78 is 1.82. The predicted molar refractivity (Wildman–Crippen MR) is 122 cm³/mol. The molecule has 1 aromatic carbocycles. The summed E-state index contributed by atoms with van der Waals surface area (Å²) in [4.78, 5) is 27.1. The van der Waals surface area contributed by atoms with Gasteiger partial charge in [-0.05, 0) is 82.4 Å². The predicted octanol–water partition coefficient (Wildman–Crippen LogP) is 5.12. The summed E-state index contributed by atoms with van der Waals surface area (Å²) in [6.07, 6.45) is 9.73. The van der Waals surface area contributed by atoms with Crippen LogP contribution in [0.2, 0.25) is 0 Å².